The number of carbonyl (C=O) groups excluding carboxylic acids is 1. The number of amides is 1. The molecule has 0 fully saturated rings. The van der Waals surface area contributed by atoms with Crippen LogP contribution in [0.3, 0.4) is 0 Å². The van der Waals surface area contributed by atoms with Gasteiger partial charge in [-0.2, -0.15) is 5.10 Å². The minimum atomic E-state index is -0.447. The topological polar surface area (TPSA) is 72.3 Å². The zero-order valence-corrected chi connectivity index (χ0v) is 16.5. The number of hydrogen-bond acceptors (Lipinski definition) is 5. The van der Waals surface area contributed by atoms with Gasteiger partial charge in [-0.25, -0.2) is 0 Å². The van der Waals surface area contributed by atoms with Gasteiger partial charge >= 0.3 is 0 Å². The highest BCUT2D eigenvalue weighted by atomic mass is 16.7. The molecule has 28 heavy (non-hydrogen) atoms. The van der Waals surface area contributed by atoms with Crippen LogP contribution in [0.1, 0.15) is 44.4 Å². The second-order valence-corrected chi connectivity index (χ2v) is 8.10. The van der Waals surface area contributed by atoms with E-state index in [1.54, 1.807) is 0 Å². The predicted octanol–water partition coefficient (Wildman–Crippen LogP) is 4.17. The van der Waals surface area contributed by atoms with Crippen molar-refractivity contribution in [2.75, 3.05) is 12.1 Å². The minimum Gasteiger partial charge on any atom is -0.454 e. The first-order chi connectivity index (χ1) is 13.3. The number of ether oxygens (including phenoxy) is 2. The number of carbonyl (C=O) groups is 1. The number of hydrogen-bond donors (Lipinski definition) is 1. The zero-order valence-electron chi connectivity index (χ0n) is 16.5. The van der Waals surface area contributed by atoms with Crippen LogP contribution in [0.25, 0.3) is 0 Å². The lowest BCUT2D eigenvalue weighted by Crippen LogP contribution is -2.27. The van der Waals surface area contributed by atoms with E-state index in [9.17, 15) is 4.79 Å². The summed E-state index contributed by atoms with van der Waals surface area (Å²) in [7, 11) is 0. The third-order valence-corrected chi connectivity index (χ3v) is 4.72. The van der Waals surface area contributed by atoms with E-state index in [1.165, 1.54) is 0 Å². The second kappa shape index (κ2) is 6.78. The SMILES string of the molecule is CC1=NN=C(c2ccc(NC(=O)C(C)(C)C)cc2)c2cc3c(cc2C1)OCO3. The lowest BCUT2D eigenvalue weighted by molar-refractivity contribution is -0.123. The highest BCUT2D eigenvalue weighted by molar-refractivity contribution is 6.15. The molecule has 4 rings (SSSR count). The molecule has 144 valence electrons. The van der Waals surface area contributed by atoms with Crippen molar-refractivity contribution in [2.24, 2.45) is 15.6 Å². The van der Waals surface area contributed by atoms with Crippen molar-refractivity contribution in [1.29, 1.82) is 0 Å². The molecule has 2 aliphatic rings. The average Bonchev–Trinajstić information content (AvgIpc) is 3.02. The molecule has 2 aromatic rings. The Bertz CT molecular complexity index is 999. The summed E-state index contributed by atoms with van der Waals surface area (Å²) in [5.41, 5.74) is 5.03. The average molecular weight is 377 g/mol. The predicted molar refractivity (Wildman–Crippen MR) is 110 cm³/mol. The van der Waals surface area contributed by atoms with E-state index in [0.717, 1.165) is 45.3 Å². The van der Waals surface area contributed by atoms with Crippen LogP contribution in [0, 0.1) is 5.41 Å². The first-order valence-corrected chi connectivity index (χ1v) is 9.27. The minimum absolute atomic E-state index is 0.0228. The van der Waals surface area contributed by atoms with Crippen molar-refractivity contribution in [3.8, 4) is 11.5 Å². The molecule has 2 heterocycles. The Hall–Kier alpha value is -3.15. The quantitative estimate of drug-likeness (QED) is 0.854. The van der Waals surface area contributed by atoms with Gasteiger partial charge in [-0.15, -0.1) is 5.10 Å². The molecule has 6 nitrogen and oxygen atoms in total. The number of nitrogens with zero attached hydrogens (tertiary/aromatic N) is 2. The maximum atomic E-state index is 12.2. The van der Waals surface area contributed by atoms with Crippen molar-refractivity contribution in [3.63, 3.8) is 0 Å². The Balaban J connectivity index is 1.68. The molecular weight excluding hydrogens is 354 g/mol. The van der Waals surface area contributed by atoms with Gasteiger partial charge in [0.25, 0.3) is 0 Å². The van der Waals surface area contributed by atoms with Gasteiger partial charge in [0, 0.05) is 34.4 Å². The molecule has 6 heteroatoms. The monoisotopic (exact) mass is 377 g/mol. The van der Waals surface area contributed by atoms with Gasteiger partial charge in [-0.3, -0.25) is 4.79 Å². The second-order valence-electron chi connectivity index (χ2n) is 8.10. The van der Waals surface area contributed by atoms with Gasteiger partial charge in [0.15, 0.2) is 11.5 Å². The smallest absolute Gasteiger partial charge is 0.231 e. The number of rotatable bonds is 2. The van der Waals surface area contributed by atoms with E-state index in [-0.39, 0.29) is 12.7 Å². The summed E-state index contributed by atoms with van der Waals surface area (Å²) in [5, 5.41) is 11.8. The molecule has 1 N–H and O–H groups in total. The maximum Gasteiger partial charge on any atom is 0.231 e. The van der Waals surface area contributed by atoms with Crippen LogP contribution in [-0.2, 0) is 11.2 Å². The lowest BCUT2D eigenvalue weighted by atomic mass is 9.94. The van der Waals surface area contributed by atoms with Crippen LogP contribution in [0.5, 0.6) is 11.5 Å². The molecule has 0 bridgehead atoms. The standard InChI is InChI=1S/C22H23N3O3/c1-13-9-15-10-18-19(28-12-27-18)11-17(15)20(25-24-13)14-5-7-16(8-6-14)23-21(26)22(2,3)4/h5-8,10-11H,9,12H2,1-4H3,(H,23,26). The fraction of sp³-hybridized carbons (Fsp3) is 0.318. The molecule has 0 saturated heterocycles. The summed E-state index contributed by atoms with van der Waals surface area (Å²) in [6, 6.07) is 11.6. The Morgan fingerprint density at radius 2 is 1.71 bits per heavy atom. The first kappa shape index (κ1) is 18.2. The van der Waals surface area contributed by atoms with Gasteiger partial charge in [0.1, 0.15) is 5.71 Å². The third-order valence-electron chi connectivity index (χ3n) is 4.72. The summed E-state index contributed by atoms with van der Waals surface area (Å²) in [4.78, 5) is 12.2. The zero-order chi connectivity index (χ0) is 19.9. The fourth-order valence-electron chi connectivity index (χ4n) is 3.09. The molecule has 0 unspecified atom stereocenters. The van der Waals surface area contributed by atoms with Gasteiger partial charge in [0.05, 0.1) is 0 Å². The van der Waals surface area contributed by atoms with Gasteiger partial charge in [0.2, 0.25) is 12.7 Å². The van der Waals surface area contributed by atoms with E-state index in [0.29, 0.717) is 6.42 Å². The van der Waals surface area contributed by atoms with Crippen LogP contribution >= 0.6 is 0 Å². The summed E-state index contributed by atoms with van der Waals surface area (Å²) >= 11 is 0. The number of benzene rings is 2. The highest BCUT2D eigenvalue weighted by Crippen LogP contribution is 2.36. The molecule has 0 radical (unpaired) electrons. The fourth-order valence-corrected chi connectivity index (χ4v) is 3.09. The summed E-state index contributed by atoms with van der Waals surface area (Å²) in [6.45, 7) is 7.86. The molecular formula is C22H23N3O3. The normalized spacial score (nSPS) is 15.3. The number of nitrogens with one attached hydrogen (secondary N) is 1. The molecule has 0 spiro atoms. The van der Waals surface area contributed by atoms with Crippen molar-refractivity contribution in [1.82, 2.24) is 0 Å². The van der Waals surface area contributed by atoms with Crippen LogP contribution < -0.4 is 14.8 Å². The van der Waals surface area contributed by atoms with Gasteiger partial charge < -0.3 is 14.8 Å². The van der Waals surface area contributed by atoms with Crippen LogP contribution in [0.15, 0.2) is 46.6 Å². The molecule has 2 aromatic carbocycles. The summed E-state index contributed by atoms with van der Waals surface area (Å²) < 4.78 is 11.1. The van der Waals surface area contributed by atoms with E-state index in [4.69, 9.17) is 9.47 Å². The molecule has 0 saturated carbocycles. The molecule has 0 aliphatic carbocycles. The molecule has 0 aromatic heterocycles. The molecule has 1 amide bonds. The Morgan fingerprint density at radius 1 is 1.04 bits per heavy atom. The Morgan fingerprint density at radius 3 is 2.39 bits per heavy atom. The summed E-state index contributed by atoms with van der Waals surface area (Å²) in [5.74, 6) is 1.46. The van der Waals surface area contributed by atoms with Crippen molar-refractivity contribution >= 4 is 23.0 Å². The van der Waals surface area contributed by atoms with Crippen molar-refractivity contribution < 1.29 is 14.3 Å². The first-order valence-electron chi connectivity index (χ1n) is 9.27. The molecule has 2 aliphatic heterocycles. The van der Waals surface area contributed by atoms with Crippen molar-refractivity contribution in [2.45, 2.75) is 34.1 Å². The van der Waals surface area contributed by atoms with Gasteiger partial charge in [-0.05, 0) is 36.8 Å². The highest BCUT2D eigenvalue weighted by Gasteiger charge is 2.23. The lowest BCUT2D eigenvalue weighted by Gasteiger charge is -2.18. The number of anilines is 1. The van der Waals surface area contributed by atoms with E-state index >= 15 is 0 Å². The maximum absolute atomic E-state index is 12.2. The van der Waals surface area contributed by atoms with Crippen LogP contribution in [-0.4, -0.2) is 24.1 Å². The van der Waals surface area contributed by atoms with E-state index in [1.807, 2.05) is 64.1 Å². The number of fused-ring (bicyclic) bond motifs is 2. The van der Waals surface area contributed by atoms with Crippen LogP contribution in [0.2, 0.25) is 0 Å². The molecule has 0 atom stereocenters. The van der Waals surface area contributed by atoms with Crippen LogP contribution in [0.4, 0.5) is 5.69 Å². The Kier molecular flexibility index (Phi) is 4.41. The van der Waals surface area contributed by atoms with Crippen molar-refractivity contribution in [3.05, 3.63) is 53.1 Å². The largest absolute Gasteiger partial charge is 0.454 e. The Labute approximate surface area is 164 Å². The summed E-state index contributed by atoms with van der Waals surface area (Å²) in [6.07, 6.45) is 0.707. The third kappa shape index (κ3) is 3.50. The van der Waals surface area contributed by atoms with Gasteiger partial charge in [-0.1, -0.05) is 32.9 Å². The van der Waals surface area contributed by atoms with E-state index < -0.39 is 5.41 Å². The van der Waals surface area contributed by atoms with E-state index in [2.05, 4.69) is 15.5 Å².